The summed E-state index contributed by atoms with van der Waals surface area (Å²) in [6.07, 6.45) is 4.89. The fourth-order valence-corrected chi connectivity index (χ4v) is 2.49. The zero-order valence-electron chi connectivity index (χ0n) is 12.4. The number of ketones is 1. The number of carbonyl (C=O) groups is 1. The average molecular weight is 290 g/mol. The van der Waals surface area contributed by atoms with Crippen LogP contribution in [0.4, 0.5) is 0 Å². The molecule has 3 heteroatoms. The Bertz CT molecular complexity index is 732. The Morgan fingerprint density at radius 3 is 2.36 bits per heavy atom. The van der Waals surface area contributed by atoms with Crippen LogP contribution in [0.3, 0.4) is 0 Å². The molecule has 1 heterocycles. The SMILES string of the molecule is O=C(CCc1cncn1Cc1ccccc1)c1ccccc1. The van der Waals surface area contributed by atoms with Crippen molar-refractivity contribution in [1.82, 2.24) is 9.55 Å². The summed E-state index contributed by atoms with van der Waals surface area (Å²) in [5.41, 5.74) is 3.10. The molecule has 0 amide bonds. The minimum atomic E-state index is 0.174. The molecule has 0 N–H and O–H groups in total. The van der Waals surface area contributed by atoms with Gasteiger partial charge in [0.1, 0.15) is 0 Å². The van der Waals surface area contributed by atoms with Crippen LogP contribution in [0.25, 0.3) is 0 Å². The van der Waals surface area contributed by atoms with Crippen LogP contribution in [0.2, 0.25) is 0 Å². The van der Waals surface area contributed by atoms with Crippen molar-refractivity contribution in [1.29, 1.82) is 0 Å². The van der Waals surface area contributed by atoms with Gasteiger partial charge in [0.15, 0.2) is 5.78 Å². The van der Waals surface area contributed by atoms with Crippen LogP contribution >= 0.6 is 0 Å². The smallest absolute Gasteiger partial charge is 0.163 e. The van der Waals surface area contributed by atoms with E-state index < -0.39 is 0 Å². The molecular weight excluding hydrogens is 272 g/mol. The molecule has 0 unspecified atom stereocenters. The van der Waals surface area contributed by atoms with E-state index in [1.54, 1.807) is 0 Å². The Kier molecular flexibility index (Phi) is 4.44. The van der Waals surface area contributed by atoms with Crippen molar-refractivity contribution in [2.24, 2.45) is 0 Å². The molecule has 0 saturated carbocycles. The highest BCUT2D eigenvalue weighted by Crippen LogP contribution is 2.11. The monoisotopic (exact) mass is 290 g/mol. The number of carbonyl (C=O) groups excluding carboxylic acids is 1. The number of Topliss-reactive ketones (excluding diaryl/α,β-unsaturated/α-hetero) is 1. The fourth-order valence-electron chi connectivity index (χ4n) is 2.49. The van der Waals surface area contributed by atoms with E-state index in [1.807, 2.05) is 61.1 Å². The van der Waals surface area contributed by atoms with Crippen LogP contribution in [0.5, 0.6) is 0 Å². The summed E-state index contributed by atoms with van der Waals surface area (Å²) in [4.78, 5) is 16.4. The van der Waals surface area contributed by atoms with Crippen molar-refractivity contribution >= 4 is 5.78 Å². The Morgan fingerprint density at radius 2 is 1.64 bits per heavy atom. The summed E-state index contributed by atoms with van der Waals surface area (Å²) >= 11 is 0. The molecule has 1 aromatic heterocycles. The van der Waals surface area contributed by atoms with E-state index in [0.717, 1.165) is 17.8 Å². The van der Waals surface area contributed by atoms with Gasteiger partial charge in [-0.25, -0.2) is 4.98 Å². The van der Waals surface area contributed by atoms with E-state index in [9.17, 15) is 4.79 Å². The quantitative estimate of drug-likeness (QED) is 0.648. The lowest BCUT2D eigenvalue weighted by atomic mass is 10.1. The second kappa shape index (κ2) is 6.85. The lowest BCUT2D eigenvalue weighted by Crippen LogP contribution is -2.06. The first-order chi connectivity index (χ1) is 10.8. The Hall–Kier alpha value is -2.68. The molecule has 2 aromatic carbocycles. The van der Waals surface area contributed by atoms with Crippen LogP contribution in [0.1, 0.15) is 28.0 Å². The molecule has 0 aliphatic heterocycles. The van der Waals surface area contributed by atoms with Crippen molar-refractivity contribution < 1.29 is 4.79 Å². The number of aryl methyl sites for hydroxylation is 1. The topological polar surface area (TPSA) is 34.9 Å². The Balaban J connectivity index is 1.64. The van der Waals surface area contributed by atoms with Crippen LogP contribution in [-0.2, 0) is 13.0 Å². The first-order valence-electron chi connectivity index (χ1n) is 7.44. The van der Waals surface area contributed by atoms with Gasteiger partial charge in [-0.1, -0.05) is 60.7 Å². The summed E-state index contributed by atoms with van der Waals surface area (Å²) in [6, 6.07) is 19.7. The number of hydrogen-bond donors (Lipinski definition) is 0. The Morgan fingerprint density at radius 1 is 0.955 bits per heavy atom. The minimum absolute atomic E-state index is 0.174. The second-order valence-electron chi connectivity index (χ2n) is 5.29. The van der Waals surface area contributed by atoms with Crippen LogP contribution in [0, 0.1) is 0 Å². The van der Waals surface area contributed by atoms with Gasteiger partial charge < -0.3 is 4.57 Å². The van der Waals surface area contributed by atoms with Gasteiger partial charge in [0.25, 0.3) is 0 Å². The molecule has 0 bridgehead atoms. The largest absolute Gasteiger partial charge is 0.330 e. The van der Waals surface area contributed by atoms with Crippen molar-refractivity contribution in [2.75, 3.05) is 0 Å². The lowest BCUT2D eigenvalue weighted by Gasteiger charge is -2.08. The number of rotatable bonds is 6. The lowest BCUT2D eigenvalue weighted by molar-refractivity contribution is 0.0982. The molecule has 0 aliphatic carbocycles. The molecular formula is C19H18N2O. The second-order valence-corrected chi connectivity index (χ2v) is 5.29. The van der Waals surface area contributed by atoms with Gasteiger partial charge in [-0.05, 0) is 12.0 Å². The van der Waals surface area contributed by atoms with Gasteiger partial charge in [-0.2, -0.15) is 0 Å². The summed E-state index contributed by atoms with van der Waals surface area (Å²) in [5.74, 6) is 0.174. The van der Waals surface area contributed by atoms with E-state index in [-0.39, 0.29) is 5.78 Å². The third-order valence-corrected chi connectivity index (χ3v) is 3.70. The fraction of sp³-hybridized carbons (Fsp3) is 0.158. The maximum Gasteiger partial charge on any atom is 0.163 e. The number of benzene rings is 2. The molecule has 0 fully saturated rings. The zero-order valence-corrected chi connectivity index (χ0v) is 12.4. The predicted molar refractivity (Wildman–Crippen MR) is 86.9 cm³/mol. The van der Waals surface area contributed by atoms with E-state index in [1.165, 1.54) is 5.56 Å². The molecule has 0 spiro atoms. The molecule has 3 nitrogen and oxygen atoms in total. The highest BCUT2D eigenvalue weighted by Gasteiger charge is 2.08. The third kappa shape index (κ3) is 3.50. The van der Waals surface area contributed by atoms with Gasteiger partial charge >= 0.3 is 0 Å². The highest BCUT2D eigenvalue weighted by atomic mass is 16.1. The predicted octanol–water partition coefficient (Wildman–Crippen LogP) is 3.75. The summed E-state index contributed by atoms with van der Waals surface area (Å²) < 4.78 is 2.10. The Labute approximate surface area is 130 Å². The maximum atomic E-state index is 12.2. The number of aromatic nitrogens is 2. The van der Waals surface area contributed by atoms with E-state index >= 15 is 0 Å². The zero-order chi connectivity index (χ0) is 15.2. The molecule has 0 atom stereocenters. The molecule has 0 radical (unpaired) electrons. The van der Waals surface area contributed by atoms with E-state index in [4.69, 9.17) is 0 Å². The van der Waals surface area contributed by atoms with Crippen LogP contribution in [0.15, 0.2) is 73.2 Å². The standard InChI is InChI=1S/C19H18N2O/c22-19(17-9-5-2-6-10-17)12-11-18-13-20-15-21(18)14-16-7-3-1-4-8-16/h1-10,13,15H,11-12,14H2. The van der Waals surface area contributed by atoms with Crippen molar-refractivity contribution in [2.45, 2.75) is 19.4 Å². The van der Waals surface area contributed by atoms with Gasteiger partial charge in [0, 0.05) is 30.4 Å². The van der Waals surface area contributed by atoms with Gasteiger partial charge in [-0.15, -0.1) is 0 Å². The summed E-state index contributed by atoms with van der Waals surface area (Å²) in [5, 5.41) is 0. The number of hydrogen-bond acceptors (Lipinski definition) is 2. The van der Waals surface area contributed by atoms with Gasteiger partial charge in [0.2, 0.25) is 0 Å². The maximum absolute atomic E-state index is 12.2. The molecule has 0 saturated heterocycles. The molecule has 3 aromatic rings. The van der Waals surface area contributed by atoms with Crippen molar-refractivity contribution in [3.63, 3.8) is 0 Å². The van der Waals surface area contributed by atoms with E-state index in [0.29, 0.717) is 12.8 Å². The van der Waals surface area contributed by atoms with Crippen molar-refractivity contribution in [3.05, 3.63) is 90.0 Å². The molecule has 0 aliphatic rings. The van der Waals surface area contributed by atoms with Crippen LogP contribution in [-0.4, -0.2) is 15.3 Å². The van der Waals surface area contributed by atoms with Crippen LogP contribution < -0.4 is 0 Å². The minimum Gasteiger partial charge on any atom is -0.330 e. The normalized spacial score (nSPS) is 10.5. The summed E-state index contributed by atoms with van der Waals surface area (Å²) in [7, 11) is 0. The summed E-state index contributed by atoms with van der Waals surface area (Å²) in [6.45, 7) is 0.787. The van der Waals surface area contributed by atoms with Gasteiger partial charge in [-0.3, -0.25) is 4.79 Å². The molecule has 110 valence electrons. The number of nitrogens with zero attached hydrogens (tertiary/aromatic N) is 2. The third-order valence-electron chi connectivity index (χ3n) is 3.70. The van der Waals surface area contributed by atoms with E-state index in [2.05, 4.69) is 21.7 Å². The molecule has 3 rings (SSSR count). The average Bonchev–Trinajstić information content (AvgIpc) is 3.01. The van der Waals surface area contributed by atoms with Gasteiger partial charge in [0.05, 0.1) is 6.33 Å². The number of imidazole rings is 1. The van der Waals surface area contributed by atoms with Crippen molar-refractivity contribution in [3.8, 4) is 0 Å². The first-order valence-corrected chi connectivity index (χ1v) is 7.44. The highest BCUT2D eigenvalue weighted by molar-refractivity contribution is 5.96. The molecule has 22 heavy (non-hydrogen) atoms. The first kappa shape index (κ1) is 14.3.